The number of ether oxygens (including phenoxy) is 1. The van der Waals surface area contributed by atoms with Crippen molar-refractivity contribution in [1.82, 2.24) is 0 Å². The minimum atomic E-state index is -4.75. The number of ketones is 1. The first kappa shape index (κ1) is 17.5. The summed E-state index contributed by atoms with van der Waals surface area (Å²) in [6.45, 7) is 0. The zero-order valence-electron chi connectivity index (χ0n) is 13.5. The molecule has 0 unspecified atom stereocenters. The molecular weight excluding hydrogens is 331 g/mol. The molecule has 0 aromatic heterocycles. The summed E-state index contributed by atoms with van der Waals surface area (Å²) in [4.78, 5) is 12.5. The maximum atomic E-state index is 12.5. The van der Waals surface area contributed by atoms with Gasteiger partial charge in [-0.05, 0) is 54.2 Å². The lowest BCUT2D eigenvalue weighted by molar-refractivity contribution is -0.274. The van der Waals surface area contributed by atoms with E-state index in [1.807, 2.05) is 12.1 Å². The minimum Gasteiger partial charge on any atom is -0.406 e. The van der Waals surface area contributed by atoms with Crippen LogP contribution in [-0.4, -0.2) is 18.2 Å². The van der Waals surface area contributed by atoms with Gasteiger partial charge in [0, 0.05) is 18.0 Å². The van der Waals surface area contributed by atoms with Crippen LogP contribution >= 0.6 is 0 Å². The number of Topliss-reactive ketones (excluding diaryl/α,β-unsaturated/α-hetero) is 1. The number of fused-ring (bicyclic) bond motifs is 1. The van der Waals surface area contributed by atoms with Gasteiger partial charge >= 0.3 is 6.36 Å². The van der Waals surface area contributed by atoms with Gasteiger partial charge in [-0.1, -0.05) is 24.3 Å². The smallest absolute Gasteiger partial charge is 0.406 e. The van der Waals surface area contributed by atoms with Crippen molar-refractivity contribution in [2.45, 2.75) is 38.1 Å². The van der Waals surface area contributed by atoms with Crippen LogP contribution in [0, 0.1) is 0 Å². The molecule has 25 heavy (non-hydrogen) atoms. The van der Waals surface area contributed by atoms with Gasteiger partial charge in [-0.2, -0.15) is 0 Å². The first-order valence-corrected chi connectivity index (χ1v) is 8.05. The second kappa shape index (κ2) is 6.88. The topological polar surface area (TPSA) is 52.3 Å². The number of hydrogen-bond acceptors (Lipinski definition) is 3. The average molecular weight is 349 g/mol. The maximum Gasteiger partial charge on any atom is 0.573 e. The number of hydrogen-bond donors (Lipinski definition) is 1. The molecule has 1 aliphatic rings. The highest BCUT2D eigenvalue weighted by Gasteiger charge is 2.31. The van der Waals surface area contributed by atoms with Crippen molar-refractivity contribution in [3.05, 3.63) is 64.7 Å². The Morgan fingerprint density at radius 1 is 1.16 bits per heavy atom. The van der Waals surface area contributed by atoms with Crippen LogP contribution in [0.25, 0.3) is 0 Å². The molecule has 1 aliphatic carbocycles. The zero-order valence-corrected chi connectivity index (χ0v) is 13.5. The molecule has 0 radical (unpaired) electrons. The van der Waals surface area contributed by atoms with Crippen LogP contribution in [0.2, 0.25) is 0 Å². The standard InChI is InChI=1S/C19H18F3NO2/c20-19(21,22)25-17-3-1-2-12(8-17)9-18(24)15-5-4-14-11-16(23)7-6-13(14)10-15/h1-5,8,10,16H,6-7,9,11,23H2/t16-/m0/s1. The van der Waals surface area contributed by atoms with E-state index in [2.05, 4.69) is 4.74 Å². The summed E-state index contributed by atoms with van der Waals surface area (Å²) in [6.07, 6.45) is -2.19. The predicted molar refractivity (Wildman–Crippen MR) is 87.6 cm³/mol. The molecular formula is C19H18F3NO2. The number of carbonyl (C=O) groups is 1. The quantitative estimate of drug-likeness (QED) is 0.854. The predicted octanol–water partition coefficient (Wildman–Crippen LogP) is 3.83. The Morgan fingerprint density at radius 3 is 2.72 bits per heavy atom. The third-order valence-corrected chi connectivity index (χ3v) is 4.29. The molecule has 132 valence electrons. The Hall–Kier alpha value is -2.34. The molecule has 0 saturated heterocycles. The lowest BCUT2D eigenvalue weighted by Crippen LogP contribution is -2.28. The number of halogens is 3. The van der Waals surface area contributed by atoms with Crippen LogP contribution in [0.1, 0.15) is 33.5 Å². The highest BCUT2D eigenvalue weighted by atomic mass is 19.4. The summed E-state index contributed by atoms with van der Waals surface area (Å²) in [5, 5.41) is 0. The van der Waals surface area contributed by atoms with Gasteiger partial charge in [-0.25, -0.2) is 0 Å². The third-order valence-electron chi connectivity index (χ3n) is 4.29. The van der Waals surface area contributed by atoms with E-state index in [9.17, 15) is 18.0 Å². The van der Waals surface area contributed by atoms with Crippen LogP contribution in [0.15, 0.2) is 42.5 Å². The van der Waals surface area contributed by atoms with Gasteiger partial charge in [-0.3, -0.25) is 4.79 Å². The fourth-order valence-electron chi connectivity index (χ4n) is 3.10. The lowest BCUT2D eigenvalue weighted by Gasteiger charge is -2.21. The second-order valence-corrected chi connectivity index (χ2v) is 6.28. The van der Waals surface area contributed by atoms with E-state index in [0.717, 1.165) is 30.4 Å². The number of rotatable bonds is 4. The van der Waals surface area contributed by atoms with Crippen molar-refractivity contribution in [2.24, 2.45) is 5.73 Å². The Labute approximate surface area is 143 Å². The highest BCUT2D eigenvalue weighted by Crippen LogP contribution is 2.25. The zero-order chi connectivity index (χ0) is 18.0. The molecule has 0 saturated carbocycles. The third kappa shape index (κ3) is 4.60. The molecule has 0 spiro atoms. The van der Waals surface area contributed by atoms with Crippen molar-refractivity contribution in [3.8, 4) is 5.75 Å². The van der Waals surface area contributed by atoms with Gasteiger partial charge in [0.1, 0.15) is 5.75 Å². The molecule has 3 rings (SSSR count). The van der Waals surface area contributed by atoms with Gasteiger partial charge in [-0.15, -0.1) is 13.2 Å². The Morgan fingerprint density at radius 2 is 1.96 bits per heavy atom. The lowest BCUT2D eigenvalue weighted by atomic mass is 9.87. The van der Waals surface area contributed by atoms with Crippen molar-refractivity contribution < 1.29 is 22.7 Å². The van der Waals surface area contributed by atoms with Crippen LogP contribution in [0.3, 0.4) is 0 Å². The largest absolute Gasteiger partial charge is 0.573 e. The molecule has 6 heteroatoms. The Bertz CT molecular complexity index is 786. The molecule has 0 fully saturated rings. The van der Waals surface area contributed by atoms with Crippen LogP contribution in [0.4, 0.5) is 13.2 Å². The monoisotopic (exact) mass is 349 g/mol. The summed E-state index contributed by atoms with van der Waals surface area (Å²) in [5.74, 6) is -0.459. The fourth-order valence-corrected chi connectivity index (χ4v) is 3.10. The molecule has 3 nitrogen and oxygen atoms in total. The van der Waals surface area contributed by atoms with Gasteiger partial charge in [0.25, 0.3) is 0 Å². The molecule has 2 aromatic carbocycles. The number of carbonyl (C=O) groups excluding carboxylic acids is 1. The average Bonchev–Trinajstić information content (AvgIpc) is 2.53. The van der Waals surface area contributed by atoms with E-state index in [1.54, 1.807) is 12.1 Å². The van der Waals surface area contributed by atoms with Gasteiger partial charge < -0.3 is 10.5 Å². The Balaban J connectivity index is 1.73. The van der Waals surface area contributed by atoms with Gasteiger partial charge in [0.2, 0.25) is 0 Å². The fraction of sp³-hybridized carbons (Fsp3) is 0.316. The Kier molecular flexibility index (Phi) is 4.81. The maximum absolute atomic E-state index is 12.5. The second-order valence-electron chi connectivity index (χ2n) is 6.28. The van der Waals surface area contributed by atoms with E-state index >= 15 is 0 Å². The molecule has 2 aromatic rings. The summed E-state index contributed by atoms with van der Waals surface area (Å²) < 4.78 is 40.8. The molecule has 0 bridgehead atoms. The van der Waals surface area contributed by atoms with Crippen molar-refractivity contribution >= 4 is 5.78 Å². The molecule has 0 aliphatic heterocycles. The van der Waals surface area contributed by atoms with E-state index < -0.39 is 6.36 Å². The van der Waals surface area contributed by atoms with E-state index in [0.29, 0.717) is 11.1 Å². The number of nitrogens with two attached hydrogens (primary N) is 1. The van der Waals surface area contributed by atoms with Crippen LogP contribution < -0.4 is 10.5 Å². The number of benzene rings is 2. The SMILES string of the molecule is N[C@H]1CCc2cc(C(=O)Cc3cccc(OC(F)(F)F)c3)ccc2C1. The van der Waals surface area contributed by atoms with Gasteiger partial charge in [0.05, 0.1) is 0 Å². The molecule has 1 atom stereocenters. The van der Waals surface area contributed by atoms with Crippen LogP contribution in [-0.2, 0) is 19.3 Å². The number of aryl methyl sites for hydroxylation is 1. The van der Waals surface area contributed by atoms with Gasteiger partial charge in [0.15, 0.2) is 5.78 Å². The van der Waals surface area contributed by atoms with E-state index in [-0.39, 0.29) is 24.0 Å². The van der Waals surface area contributed by atoms with E-state index in [4.69, 9.17) is 5.73 Å². The normalized spacial score (nSPS) is 17.0. The highest BCUT2D eigenvalue weighted by molar-refractivity contribution is 5.97. The summed E-state index contributed by atoms with van der Waals surface area (Å²) in [7, 11) is 0. The van der Waals surface area contributed by atoms with Crippen LogP contribution in [0.5, 0.6) is 5.75 Å². The summed E-state index contributed by atoms with van der Waals surface area (Å²) in [6, 6.07) is 11.2. The summed E-state index contributed by atoms with van der Waals surface area (Å²) >= 11 is 0. The van der Waals surface area contributed by atoms with Crippen molar-refractivity contribution in [2.75, 3.05) is 0 Å². The first-order valence-electron chi connectivity index (χ1n) is 8.05. The molecule has 0 amide bonds. The summed E-state index contributed by atoms with van der Waals surface area (Å²) in [5.41, 5.74) is 9.28. The van der Waals surface area contributed by atoms with E-state index in [1.165, 1.54) is 18.2 Å². The molecule has 0 heterocycles. The first-order chi connectivity index (χ1) is 11.8. The minimum absolute atomic E-state index is 0.0212. The number of alkyl halides is 3. The van der Waals surface area contributed by atoms with Crippen molar-refractivity contribution in [3.63, 3.8) is 0 Å². The van der Waals surface area contributed by atoms with Crippen molar-refractivity contribution in [1.29, 1.82) is 0 Å². The molecule has 2 N–H and O–H groups in total.